The molecule has 0 spiro atoms. The second-order valence-corrected chi connectivity index (χ2v) is 7.02. The van der Waals surface area contributed by atoms with Gasteiger partial charge < -0.3 is 5.32 Å². The number of aromatic nitrogens is 1. The third-order valence-electron chi connectivity index (χ3n) is 4.52. The van der Waals surface area contributed by atoms with E-state index in [4.69, 9.17) is 4.98 Å². The highest BCUT2D eigenvalue weighted by molar-refractivity contribution is 7.09. The molecule has 0 radical (unpaired) electrons. The predicted molar refractivity (Wildman–Crippen MR) is 76.9 cm³/mol. The molecule has 1 N–H and O–H groups in total. The maximum Gasteiger partial charge on any atom is 0.113 e. The SMILES string of the molecule is CCC1CCCC(NC2CC2)(c2nc(C)cs2)C1. The summed E-state index contributed by atoms with van der Waals surface area (Å²) in [5, 5.41) is 7.51. The predicted octanol–water partition coefficient (Wildman–Crippen LogP) is 4.00. The minimum atomic E-state index is 0.207. The number of thiazole rings is 1. The summed E-state index contributed by atoms with van der Waals surface area (Å²) in [5.74, 6) is 0.884. The van der Waals surface area contributed by atoms with Crippen LogP contribution in [0.5, 0.6) is 0 Å². The van der Waals surface area contributed by atoms with E-state index in [2.05, 4.69) is 24.5 Å². The lowest BCUT2D eigenvalue weighted by Gasteiger charge is -2.40. The molecule has 2 atom stereocenters. The van der Waals surface area contributed by atoms with Crippen LogP contribution in [0, 0.1) is 12.8 Å². The highest BCUT2D eigenvalue weighted by atomic mass is 32.1. The van der Waals surface area contributed by atoms with Crippen molar-refractivity contribution in [3.63, 3.8) is 0 Å². The Labute approximate surface area is 114 Å². The minimum absolute atomic E-state index is 0.207. The van der Waals surface area contributed by atoms with Crippen molar-refractivity contribution in [2.45, 2.75) is 70.4 Å². The van der Waals surface area contributed by atoms with E-state index in [1.165, 1.54) is 55.6 Å². The summed E-state index contributed by atoms with van der Waals surface area (Å²) >= 11 is 1.86. The van der Waals surface area contributed by atoms with Crippen LogP contribution in [0.4, 0.5) is 0 Å². The Balaban J connectivity index is 1.86. The second-order valence-electron chi connectivity index (χ2n) is 6.17. The summed E-state index contributed by atoms with van der Waals surface area (Å²) in [7, 11) is 0. The van der Waals surface area contributed by atoms with Crippen LogP contribution in [0.1, 0.15) is 62.6 Å². The van der Waals surface area contributed by atoms with Gasteiger partial charge in [-0.25, -0.2) is 4.98 Å². The molecule has 2 aliphatic carbocycles. The first-order valence-corrected chi connectivity index (χ1v) is 8.30. The molecule has 1 aromatic rings. The Morgan fingerprint density at radius 2 is 2.28 bits per heavy atom. The zero-order valence-corrected chi connectivity index (χ0v) is 12.4. The maximum atomic E-state index is 4.81. The second kappa shape index (κ2) is 4.93. The molecule has 2 aliphatic rings. The lowest BCUT2D eigenvalue weighted by molar-refractivity contribution is 0.172. The zero-order chi connectivity index (χ0) is 12.6. The van der Waals surface area contributed by atoms with Gasteiger partial charge >= 0.3 is 0 Å². The van der Waals surface area contributed by atoms with Crippen LogP contribution in [-0.4, -0.2) is 11.0 Å². The van der Waals surface area contributed by atoms with Crippen LogP contribution in [0.15, 0.2) is 5.38 Å². The van der Waals surface area contributed by atoms with Crippen molar-refractivity contribution in [2.75, 3.05) is 0 Å². The van der Waals surface area contributed by atoms with Crippen LogP contribution in [-0.2, 0) is 5.54 Å². The van der Waals surface area contributed by atoms with E-state index < -0.39 is 0 Å². The standard InChI is InChI=1S/C15H24N2S/c1-3-12-5-4-8-15(9-12,17-13-6-7-13)14-16-11(2)10-18-14/h10,12-13,17H,3-9H2,1-2H3. The third-order valence-corrected chi connectivity index (χ3v) is 5.68. The average Bonchev–Trinajstić information content (AvgIpc) is 3.07. The van der Waals surface area contributed by atoms with Crippen molar-refractivity contribution in [2.24, 2.45) is 5.92 Å². The van der Waals surface area contributed by atoms with Crippen molar-refractivity contribution < 1.29 is 0 Å². The molecule has 2 nitrogen and oxygen atoms in total. The van der Waals surface area contributed by atoms with Crippen LogP contribution >= 0.6 is 11.3 Å². The monoisotopic (exact) mass is 264 g/mol. The van der Waals surface area contributed by atoms with Crippen molar-refractivity contribution in [1.82, 2.24) is 10.3 Å². The van der Waals surface area contributed by atoms with Crippen molar-refractivity contribution >= 4 is 11.3 Å². The number of rotatable bonds is 4. The summed E-state index contributed by atoms with van der Waals surface area (Å²) in [5.41, 5.74) is 1.39. The summed E-state index contributed by atoms with van der Waals surface area (Å²) in [6.07, 6.45) is 9.40. The molecule has 1 heterocycles. The molecule has 3 heteroatoms. The summed E-state index contributed by atoms with van der Waals surface area (Å²) < 4.78 is 0. The number of hydrogen-bond donors (Lipinski definition) is 1. The van der Waals surface area contributed by atoms with Gasteiger partial charge in [-0.05, 0) is 38.5 Å². The summed E-state index contributed by atoms with van der Waals surface area (Å²) in [6.45, 7) is 4.45. The van der Waals surface area contributed by atoms with Gasteiger partial charge in [0.25, 0.3) is 0 Å². The first kappa shape index (κ1) is 12.6. The Morgan fingerprint density at radius 1 is 1.44 bits per heavy atom. The molecule has 3 rings (SSSR count). The largest absolute Gasteiger partial charge is 0.303 e. The van der Waals surface area contributed by atoms with E-state index in [0.717, 1.165) is 12.0 Å². The van der Waals surface area contributed by atoms with Gasteiger partial charge in [-0.1, -0.05) is 26.2 Å². The third kappa shape index (κ3) is 2.48. The molecule has 0 aromatic carbocycles. The fourth-order valence-corrected chi connectivity index (χ4v) is 4.32. The fourth-order valence-electron chi connectivity index (χ4n) is 3.32. The van der Waals surface area contributed by atoms with Gasteiger partial charge in [0.2, 0.25) is 0 Å². The van der Waals surface area contributed by atoms with Crippen LogP contribution in [0.3, 0.4) is 0 Å². The van der Waals surface area contributed by atoms with E-state index in [9.17, 15) is 0 Å². The molecule has 0 saturated heterocycles. The van der Waals surface area contributed by atoms with Crippen LogP contribution in [0.25, 0.3) is 0 Å². The van der Waals surface area contributed by atoms with Gasteiger partial charge in [-0.15, -0.1) is 11.3 Å². The molecule has 1 aromatic heterocycles. The first-order chi connectivity index (χ1) is 8.72. The first-order valence-electron chi connectivity index (χ1n) is 7.42. The molecular weight excluding hydrogens is 240 g/mol. The van der Waals surface area contributed by atoms with Gasteiger partial charge in [-0.3, -0.25) is 0 Å². The minimum Gasteiger partial charge on any atom is -0.303 e. The van der Waals surface area contributed by atoms with E-state index >= 15 is 0 Å². The summed E-state index contributed by atoms with van der Waals surface area (Å²) in [6, 6.07) is 0.768. The quantitative estimate of drug-likeness (QED) is 0.889. The molecule has 2 saturated carbocycles. The zero-order valence-electron chi connectivity index (χ0n) is 11.5. The normalized spacial score (nSPS) is 32.7. The van der Waals surface area contributed by atoms with Gasteiger partial charge in [-0.2, -0.15) is 0 Å². The lowest BCUT2D eigenvalue weighted by atomic mass is 9.75. The number of nitrogens with zero attached hydrogens (tertiary/aromatic N) is 1. The highest BCUT2D eigenvalue weighted by Crippen LogP contribution is 2.44. The van der Waals surface area contributed by atoms with Gasteiger partial charge in [0, 0.05) is 17.1 Å². The lowest BCUT2D eigenvalue weighted by Crippen LogP contribution is -2.47. The molecule has 0 aliphatic heterocycles. The van der Waals surface area contributed by atoms with E-state index in [1.54, 1.807) is 0 Å². The van der Waals surface area contributed by atoms with Gasteiger partial charge in [0.15, 0.2) is 0 Å². The molecule has 0 bridgehead atoms. The average molecular weight is 264 g/mol. The van der Waals surface area contributed by atoms with Gasteiger partial charge in [0.05, 0.1) is 5.54 Å². The Hall–Kier alpha value is -0.410. The summed E-state index contributed by atoms with van der Waals surface area (Å²) in [4.78, 5) is 4.81. The molecule has 2 fully saturated rings. The topological polar surface area (TPSA) is 24.9 Å². The Kier molecular flexibility index (Phi) is 3.46. The number of aryl methyl sites for hydroxylation is 1. The fraction of sp³-hybridized carbons (Fsp3) is 0.800. The van der Waals surface area contributed by atoms with Crippen LogP contribution in [0.2, 0.25) is 0 Å². The van der Waals surface area contributed by atoms with E-state index in [-0.39, 0.29) is 5.54 Å². The Morgan fingerprint density at radius 3 is 2.89 bits per heavy atom. The maximum absolute atomic E-state index is 4.81. The molecule has 0 amide bonds. The van der Waals surface area contributed by atoms with Crippen molar-refractivity contribution in [3.8, 4) is 0 Å². The van der Waals surface area contributed by atoms with Crippen LogP contribution < -0.4 is 5.32 Å². The van der Waals surface area contributed by atoms with Crippen molar-refractivity contribution in [3.05, 3.63) is 16.1 Å². The smallest absolute Gasteiger partial charge is 0.113 e. The van der Waals surface area contributed by atoms with Gasteiger partial charge in [0.1, 0.15) is 5.01 Å². The molecule has 2 unspecified atom stereocenters. The molecule has 18 heavy (non-hydrogen) atoms. The van der Waals surface area contributed by atoms with E-state index in [0.29, 0.717) is 0 Å². The van der Waals surface area contributed by atoms with Crippen molar-refractivity contribution in [1.29, 1.82) is 0 Å². The number of nitrogens with one attached hydrogen (secondary N) is 1. The Bertz CT molecular complexity index is 410. The van der Waals surface area contributed by atoms with E-state index in [1.807, 2.05) is 11.3 Å². The number of hydrogen-bond acceptors (Lipinski definition) is 3. The molecular formula is C15H24N2S. The highest BCUT2D eigenvalue weighted by Gasteiger charge is 2.42. The molecule has 100 valence electrons.